The summed E-state index contributed by atoms with van der Waals surface area (Å²) in [6.45, 7) is 7.19. The van der Waals surface area contributed by atoms with Crippen LogP contribution >= 0.6 is 11.6 Å². The molecule has 1 heterocycles. The van der Waals surface area contributed by atoms with Gasteiger partial charge in [-0.3, -0.25) is 9.59 Å². The Kier molecular flexibility index (Phi) is 9.91. The van der Waals surface area contributed by atoms with E-state index in [1.165, 1.54) is 31.0 Å². The zero-order chi connectivity index (χ0) is 29.6. The summed E-state index contributed by atoms with van der Waals surface area (Å²) in [5.41, 5.74) is 1.17. The van der Waals surface area contributed by atoms with Crippen LogP contribution in [0.1, 0.15) is 61.6 Å². The summed E-state index contributed by atoms with van der Waals surface area (Å²) in [5, 5.41) is 9.98. The van der Waals surface area contributed by atoms with Crippen molar-refractivity contribution in [2.45, 2.75) is 58.3 Å². The van der Waals surface area contributed by atoms with Crippen molar-refractivity contribution in [2.24, 2.45) is 0 Å². The van der Waals surface area contributed by atoms with Crippen molar-refractivity contribution < 1.29 is 23.8 Å². The molecule has 0 aliphatic carbocycles. The van der Waals surface area contributed by atoms with E-state index in [2.05, 4.69) is 6.07 Å². The van der Waals surface area contributed by atoms with Gasteiger partial charge in [0.25, 0.3) is 5.56 Å². The first-order valence-electron chi connectivity index (χ1n) is 12.7. The maximum atomic E-state index is 13.6. The highest BCUT2D eigenvalue weighted by molar-refractivity contribution is 6.31. The molecule has 8 nitrogen and oxygen atoms in total. The van der Waals surface area contributed by atoms with Gasteiger partial charge in [-0.2, -0.15) is 5.26 Å². The molecule has 2 atom stereocenters. The third-order valence-corrected chi connectivity index (χ3v) is 6.52. The van der Waals surface area contributed by atoms with Crippen LogP contribution in [0.25, 0.3) is 11.1 Å². The van der Waals surface area contributed by atoms with Gasteiger partial charge in [0.2, 0.25) is 0 Å². The molecule has 1 aromatic heterocycles. The molecule has 3 rings (SSSR count). The number of pyridine rings is 1. The monoisotopic (exact) mass is 564 g/mol. The number of hydrogen-bond acceptors (Lipinski definition) is 7. The van der Waals surface area contributed by atoms with E-state index in [4.69, 9.17) is 25.8 Å². The van der Waals surface area contributed by atoms with Crippen molar-refractivity contribution in [2.75, 3.05) is 14.2 Å². The van der Waals surface area contributed by atoms with Crippen LogP contribution in [0.2, 0.25) is 5.02 Å². The number of rotatable bonds is 10. The largest absolute Gasteiger partial charge is 0.495 e. The Morgan fingerprint density at radius 3 is 2.30 bits per heavy atom. The summed E-state index contributed by atoms with van der Waals surface area (Å²) in [7, 11) is 2.99. The second-order valence-corrected chi connectivity index (χ2v) is 10.9. The van der Waals surface area contributed by atoms with Gasteiger partial charge >= 0.3 is 5.97 Å². The number of ether oxygens (including phenoxy) is 3. The number of carbonyl (C=O) groups excluding carboxylic acids is 2. The predicted octanol–water partition coefficient (Wildman–Crippen LogP) is 5.78. The molecule has 0 spiro atoms. The number of halogens is 1. The molecule has 0 aliphatic rings. The van der Waals surface area contributed by atoms with Gasteiger partial charge in [0.15, 0.2) is 5.78 Å². The molecule has 40 heavy (non-hydrogen) atoms. The number of Topliss-reactive ketones (excluding diaryl/α,β-unsaturated/α-hetero) is 1. The van der Waals surface area contributed by atoms with Gasteiger partial charge in [-0.1, -0.05) is 23.7 Å². The molecular weight excluding hydrogens is 532 g/mol. The molecule has 0 aliphatic heterocycles. The smallest absolute Gasteiger partial charge is 0.338 e. The van der Waals surface area contributed by atoms with E-state index in [0.29, 0.717) is 38.6 Å². The fourth-order valence-corrected chi connectivity index (χ4v) is 4.38. The molecule has 9 heteroatoms. The van der Waals surface area contributed by atoms with Crippen molar-refractivity contribution in [3.63, 3.8) is 0 Å². The van der Waals surface area contributed by atoms with Gasteiger partial charge in [-0.15, -0.1) is 0 Å². The number of carbonyl (C=O) groups is 2. The molecule has 0 saturated carbocycles. The van der Waals surface area contributed by atoms with E-state index in [0.717, 1.165) is 0 Å². The fourth-order valence-electron chi connectivity index (χ4n) is 4.21. The van der Waals surface area contributed by atoms with Crippen LogP contribution in [-0.4, -0.2) is 42.2 Å². The maximum Gasteiger partial charge on any atom is 0.338 e. The molecular formula is C31H33ClN2O6. The lowest BCUT2D eigenvalue weighted by Gasteiger charge is -2.23. The maximum absolute atomic E-state index is 13.6. The molecule has 0 saturated heterocycles. The van der Waals surface area contributed by atoms with E-state index < -0.39 is 23.2 Å². The van der Waals surface area contributed by atoms with Crippen LogP contribution in [0.5, 0.6) is 5.75 Å². The van der Waals surface area contributed by atoms with Gasteiger partial charge in [0, 0.05) is 42.2 Å². The zero-order valence-corrected chi connectivity index (χ0v) is 24.2. The number of ketones is 1. The van der Waals surface area contributed by atoms with E-state index in [1.807, 2.05) is 6.92 Å². The minimum absolute atomic E-state index is 0.0269. The lowest BCUT2D eigenvalue weighted by molar-refractivity contribution is -0.122. The van der Waals surface area contributed by atoms with Crippen LogP contribution in [0.4, 0.5) is 0 Å². The van der Waals surface area contributed by atoms with Gasteiger partial charge in [-0.05, 0) is 63.6 Å². The molecule has 2 aromatic carbocycles. The number of nitrogens with zero attached hydrogens (tertiary/aromatic N) is 2. The molecule has 0 bridgehead atoms. The Hall–Kier alpha value is -3.93. The first-order valence-corrected chi connectivity index (χ1v) is 13.1. The van der Waals surface area contributed by atoms with Gasteiger partial charge < -0.3 is 18.8 Å². The molecule has 1 unspecified atom stereocenters. The Labute approximate surface area is 239 Å². The summed E-state index contributed by atoms with van der Waals surface area (Å²) >= 11 is 6.17. The third kappa shape index (κ3) is 7.59. The SMILES string of the molecule is COc1cn(C(C[C@@H](C)OC)C(=O)Cc2ccc(C(=O)OC(C)(C)C)cc2)c(=O)cc1-c1cc(Cl)ccc1C#N. The third-order valence-electron chi connectivity index (χ3n) is 6.29. The second kappa shape index (κ2) is 12.9. The topological polar surface area (TPSA) is 108 Å². The number of methoxy groups -OCH3 is 2. The Morgan fingerprint density at radius 1 is 1.05 bits per heavy atom. The van der Waals surface area contributed by atoms with E-state index in [1.54, 1.807) is 63.2 Å². The number of hydrogen-bond donors (Lipinski definition) is 0. The molecule has 3 aromatic rings. The van der Waals surface area contributed by atoms with Crippen LogP contribution in [0.15, 0.2) is 59.5 Å². The normalized spacial score (nSPS) is 12.8. The number of aromatic nitrogens is 1. The predicted molar refractivity (Wildman–Crippen MR) is 153 cm³/mol. The minimum Gasteiger partial charge on any atom is -0.495 e. The Bertz CT molecular complexity index is 1480. The summed E-state index contributed by atoms with van der Waals surface area (Å²) in [6.07, 6.45) is 1.43. The van der Waals surface area contributed by atoms with Crippen molar-refractivity contribution in [1.82, 2.24) is 4.57 Å². The van der Waals surface area contributed by atoms with E-state index in [-0.39, 0.29) is 24.7 Å². The lowest BCUT2D eigenvalue weighted by Crippen LogP contribution is -2.33. The molecule has 210 valence electrons. The van der Waals surface area contributed by atoms with Crippen molar-refractivity contribution >= 4 is 23.4 Å². The Balaban J connectivity index is 1.97. The van der Waals surface area contributed by atoms with Crippen LogP contribution in [-0.2, 0) is 20.7 Å². The van der Waals surface area contributed by atoms with Gasteiger partial charge in [0.05, 0.1) is 42.6 Å². The van der Waals surface area contributed by atoms with Crippen LogP contribution < -0.4 is 10.3 Å². The number of esters is 1. The summed E-state index contributed by atoms with van der Waals surface area (Å²) in [5.74, 6) is -0.357. The van der Waals surface area contributed by atoms with Crippen LogP contribution in [0, 0.1) is 11.3 Å². The Morgan fingerprint density at radius 2 is 1.73 bits per heavy atom. The summed E-state index contributed by atoms with van der Waals surface area (Å²) < 4.78 is 17.7. The summed E-state index contributed by atoms with van der Waals surface area (Å²) in [4.78, 5) is 39.4. The van der Waals surface area contributed by atoms with E-state index >= 15 is 0 Å². The first kappa shape index (κ1) is 30.6. The molecule has 0 radical (unpaired) electrons. The fraction of sp³-hybridized carbons (Fsp3) is 0.355. The highest BCUT2D eigenvalue weighted by atomic mass is 35.5. The average Bonchev–Trinajstić information content (AvgIpc) is 2.91. The minimum atomic E-state index is -0.856. The zero-order valence-electron chi connectivity index (χ0n) is 23.5. The number of benzene rings is 2. The first-order chi connectivity index (χ1) is 18.9. The van der Waals surface area contributed by atoms with Crippen molar-refractivity contribution in [3.05, 3.63) is 86.8 Å². The molecule has 0 fully saturated rings. The van der Waals surface area contributed by atoms with Gasteiger partial charge in [-0.25, -0.2) is 4.79 Å². The lowest BCUT2D eigenvalue weighted by atomic mass is 9.97. The summed E-state index contributed by atoms with van der Waals surface area (Å²) in [6, 6.07) is 14.0. The van der Waals surface area contributed by atoms with Gasteiger partial charge in [0.1, 0.15) is 11.4 Å². The molecule has 0 amide bonds. The average molecular weight is 565 g/mol. The quantitative estimate of drug-likeness (QED) is 0.287. The standard InChI is InChI=1S/C31H33ClN2O6/c1-19(38-5)13-26(27(35)14-20-7-9-21(10-8-20)30(37)40-31(2,3)4)34-18-28(39-6)25(16-29(34)36)24-15-23(32)12-11-22(24)17-33/h7-12,15-16,18-19,26H,13-14H2,1-6H3/t19-,26?/m1/s1. The van der Waals surface area contributed by atoms with Crippen molar-refractivity contribution in [3.8, 4) is 22.9 Å². The highest BCUT2D eigenvalue weighted by Gasteiger charge is 2.26. The van der Waals surface area contributed by atoms with E-state index in [9.17, 15) is 19.6 Å². The van der Waals surface area contributed by atoms with Crippen LogP contribution in [0.3, 0.4) is 0 Å². The number of nitriles is 1. The van der Waals surface area contributed by atoms with Crippen molar-refractivity contribution in [1.29, 1.82) is 5.26 Å². The second-order valence-electron chi connectivity index (χ2n) is 10.4. The highest BCUT2D eigenvalue weighted by Crippen LogP contribution is 2.34. The molecule has 0 N–H and O–H groups in total.